The summed E-state index contributed by atoms with van der Waals surface area (Å²) in [6.07, 6.45) is 9.35. The van der Waals surface area contributed by atoms with E-state index in [4.69, 9.17) is 9.84 Å². The first-order valence-electron chi connectivity index (χ1n) is 12.3. The molecule has 7 rings (SSSR count). The van der Waals surface area contributed by atoms with Crippen LogP contribution in [-0.4, -0.2) is 41.3 Å². The van der Waals surface area contributed by atoms with Gasteiger partial charge < -0.3 is 9.84 Å². The van der Waals surface area contributed by atoms with Crippen LogP contribution in [0.2, 0.25) is 0 Å². The fourth-order valence-electron chi connectivity index (χ4n) is 7.50. The fourth-order valence-corrected chi connectivity index (χ4v) is 7.50. The number of nitrogens with one attached hydrogen (secondary N) is 1. The smallest absolute Gasteiger partial charge is 0.321 e. The third kappa shape index (κ3) is 3.78. The molecule has 7 heteroatoms. The number of carbonyl (C=O) groups is 3. The van der Waals surface area contributed by atoms with Crippen molar-refractivity contribution in [2.24, 2.45) is 23.2 Å². The average molecular weight is 456 g/mol. The van der Waals surface area contributed by atoms with E-state index in [1.165, 1.54) is 44.6 Å². The van der Waals surface area contributed by atoms with Crippen molar-refractivity contribution >= 4 is 17.5 Å². The molecule has 1 aromatic carbocycles. The maximum atomic E-state index is 15.1. The second-order valence-corrected chi connectivity index (χ2v) is 11.4. The Labute approximate surface area is 192 Å². The highest BCUT2D eigenvalue weighted by Crippen LogP contribution is 2.60. The molecule has 0 aromatic heterocycles. The summed E-state index contributed by atoms with van der Waals surface area (Å²) in [7, 11) is 0. The average Bonchev–Trinajstić information content (AvgIpc) is 3.52. The molecule has 2 atom stereocenters. The molecule has 6 fully saturated rings. The van der Waals surface area contributed by atoms with Crippen LogP contribution in [0.4, 0.5) is 4.39 Å². The van der Waals surface area contributed by atoms with Gasteiger partial charge in [0, 0.05) is 17.9 Å². The number of halogens is 1. The number of ether oxygens (including phenoxy) is 1. The van der Waals surface area contributed by atoms with Gasteiger partial charge in [0.05, 0.1) is 12.2 Å². The largest absolute Gasteiger partial charge is 0.493 e. The molecule has 1 aliphatic heterocycles. The van der Waals surface area contributed by atoms with E-state index < -0.39 is 35.4 Å². The summed E-state index contributed by atoms with van der Waals surface area (Å²) in [6.45, 7) is 0.603. The van der Waals surface area contributed by atoms with E-state index >= 15 is 4.39 Å². The van der Waals surface area contributed by atoms with Gasteiger partial charge in [-0.25, -0.2) is 4.39 Å². The standard InChI is InChI=1S/C26H30FNO5/c27-19-7-22(33-12-26-9-13-3-14(10-26)5-15(4-13)11-26)17(16-1-2-16)6-18(19)24(30)23-21(29)8-20(28-23)25(31)32/h6-7,13-16,20,23,28H,1-5,8-12H2,(H,31,32). The topological polar surface area (TPSA) is 92.7 Å². The lowest BCUT2D eigenvalue weighted by Gasteiger charge is -2.56. The van der Waals surface area contributed by atoms with Crippen molar-refractivity contribution in [2.45, 2.75) is 75.8 Å². The number of carbonyl (C=O) groups excluding carboxylic acids is 2. The molecule has 0 spiro atoms. The monoisotopic (exact) mass is 455 g/mol. The Morgan fingerprint density at radius 1 is 1.09 bits per heavy atom. The third-order valence-corrected chi connectivity index (χ3v) is 8.74. The van der Waals surface area contributed by atoms with Gasteiger partial charge in [-0.3, -0.25) is 19.7 Å². The van der Waals surface area contributed by atoms with Gasteiger partial charge in [-0.1, -0.05) is 0 Å². The summed E-state index contributed by atoms with van der Waals surface area (Å²) in [5.74, 6) is 0.0860. The third-order valence-electron chi connectivity index (χ3n) is 8.74. The molecule has 5 aliphatic carbocycles. The zero-order valence-corrected chi connectivity index (χ0v) is 18.6. The van der Waals surface area contributed by atoms with Gasteiger partial charge >= 0.3 is 5.97 Å². The Bertz CT molecular complexity index is 996. The maximum absolute atomic E-state index is 15.1. The van der Waals surface area contributed by atoms with Crippen molar-refractivity contribution in [2.75, 3.05) is 6.61 Å². The quantitative estimate of drug-likeness (QED) is 0.479. The van der Waals surface area contributed by atoms with Crippen LogP contribution in [0, 0.1) is 29.0 Å². The van der Waals surface area contributed by atoms with Crippen LogP contribution >= 0.6 is 0 Å². The summed E-state index contributed by atoms with van der Waals surface area (Å²) < 4.78 is 21.5. The first kappa shape index (κ1) is 21.3. The highest BCUT2D eigenvalue weighted by molar-refractivity contribution is 6.16. The Morgan fingerprint density at radius 2 is 1.73 bits per heavy atom. The zero-order chi connectivity index (χ0) is 22.9. The van der Waals surface area contributed by atoms with Crippen LogP contribution in [0.3, 0.4) is 0 Å². The molecule has 6 nitrogen and oxygen atoms in total. The number of ketones is 2. The Morgan fingerprint density at radius 3 is 2.27 bits per heavy atom. The van der Waals surface area contributed by atoms with Crippen LogP contribution in [0.1, 0.15) is 79.6 Å². The van der Waals surface area contributed by atoms with Crippen molar-refractivity contribution in [3.8, 4) is 5.75 Å². The summed E-state index contributed by atoms with van der Waals surface area (Å²) in [5, 5.41) is 11.7. The molecular weight excluding hydrogens is 425 g/mol. The zero-order valence-electron chi connectivity index (χ0n) is 18.6. The number of hydrogen-bond acceptors (Lipinski definition) is 5. The molecule has 4 bridgehead atoms. The van der Waals surface area contributed by atoms with Gasteiger partial charge in [-0.15, -0.1) is 0 Å². The Kier molecular flexibility index (Phi) is 4.91. The SMILES string of the molecule is O=C(O)C1CC(=O)C(C(=O)c2cc(C3CC3)c(OCC34CC5CC(CC(C5)C3)C4)cc2F)N1. The van der Waals surface area contributed by atoms with Crippen LogP contribution in [0.5, 0.6) is 5.75 Å². The van der Waals surface area contributed by atoms with Gasteiger partial charge in [-0.05, 0) is 86.7 Å². The molecular formula is C26H30FNO5. The van der Waals surface area contributed by atoms with E-state index in [0.29, 0.717) is 12.4 Å². The summed E-state index contributed by atoms with van der Waals surface area (Å²) in [4.78, 5) is 36.4. The molecule has 0 amide bonds. The van der Waals surface area contributed by atoms with Crippen LogP contribution in [-0.2, 0) is 9.59 Å². The highest BCUT2D eigenvalue weighted by Gasteiger charge is 2.51. The van der Waals surface area contributed by atoms with E-state index in [1.807, 2.05) is 0 Å². The molecule has 2 N–H and O–H groups in total. The predicted molar refractivity (Wildman–Crippen MR) is 117 cm³/mol. The molecule has 33 heavy (non-hydrogen) atoms. The number of benzene rings is 1. The van der Waals surface area contributed by atoms with Gasteiger partial charge in [0.2, 0.25) is 0 Å². The molecule has 1 saturated heterocycles. The molecule has 1 heterocycles. The minimum absolute atomic E-state index is 0.157. The summed E-state index contributed by atoms with van der Waals surface area (Å²) in [5.41, 5.74) is 0.882. The predicted octanol–water partition coefficient (Wildman–Crippen LogP) is 3.87. The minimum Gasteiger partial charge on any atom is -0.493 e. The number of rotatable bonds is 7. The lowest BCUT2D eigenvalue weighted by molar-refractivity contribution is -0.139. The number of carboxylic acids is 1. The van der Waals surface area contributed by atoms with E-state index in [2.05, 4.69) is 5.32 Å². The minimum atomic E-state index is -1.31. The van der Waals surface area contributed by atoms with Gasteiger partial charge in [-0.2, -0.15) is 0 Å². The van der Waals surface area contributed by atoms with Crippen molar-refractivity contribution < 1.29 is 28.6 Å². The number of carboxylic acid groups (broad SMARTS) is 1. The molecule has 6 aliphatic rings. The highest BCUT2D eigenvalue weighted by atomic mass is 19.1. The normalized spacial score (nSPS) is 36.9. The van der Waals surface area contributed by atoms with Crippen LogP contribution in [0.25, 0.3) is 0 Å². The maximum Gasteiger partial charge on any atom is 0.321 e. The number of aliphatic carboxylic acids is 1. The second-order valence-electron chi connectivity index (χ2n) is 11.4. The number of hydrogen-bond donors (Lipinski definition) is 2. The molecule has 1 aromatic rings. The Hall–Kier alpha value is -2.28. The van der Waals surface area contributed by atoms with Crippen molar-refractivity contribution in [1.82, 2.24) is 5.32 Å². The van der Waals surface area contributed by atoms with E-state index in [-0.39, 0.29) is 23.3 Å². The molecule has 0 radical (unpaired) electrons. The van der Waals surface area contributed by atoms with Crippen molar-refractivity contribution in [3.05, 3.63) is 29.1 Å². The number of Topliss-reactive ketones (excluding diaryl/α,β-unsaturated/α-hetero) is 2. The van der Waals surface area contributed by atoms with Crippen LogP contribution < -0.4 is 10.1 Å². The van der Waals surface area contributed by atoms with E-state index in [0.717, 1.165) is 36.2 Å². The van der Waals surface area contributed by atoms with Crippen molar-refractivity contribution in [3.63, 3.8) is 0 Å². The first-order valence-corrected chi connectivity index (χ1v) is 12.3. The van der Waals surface area contributed by atoms with Gasteiger partial charge in [0.1, 0.15) is 23.7 Å². The molecule has 2 unspecified atom stereocenters. The summed E-state index contributed by atoms with van der Waals surface area (Å²) in [6, 6.07) is 0.440. The van der Waals surface area contributed by atoms with Crippen molar-refractivity contribution in [1.29, 1.82) is 0 Å². The van der Waals surface area contributed by atoms with Gasteiger partial charge in [0.15, 0.2) is 11.6 Å². The van der Waals surface area contributed by atoms with Gasteiger partial charge in [0.25, 0.3) is 0 Å². The summed E-state index contributed by atoms with van der Waals surface area (Å²) >= 11 is 0. The van der Waals surface area contributed by atoms with Crippen LogP contribution in [0.15, 0.2) is 12.1 Å². The molecule has 176 valence electrons. The lowest BCUT2D eigenvalue weighted by Crippen LogP contribution is -2.48. The molecule has 5 saturated carbocycles. The first-order chi connectivity index (χ1) is 15.8. The van der Waals surface area contributed by atoms with E-state index in [9.17, 15) is 14.4 Å². The second kappa shape index (κ2) is 7.62. The Balaban J connectivity index is 1.23. The fraction of sp³-hybridized carbons (Fsp3) is 0.654. The lowest BCUT2D eigenvalue weighted by atomic mass is 9.50. The van der Waals surface area contributed by atoms with E-state index in [1.54, 1.807) is 6.07 Å².